The molecule has 0 aromatic heterocycles. The third-order valence-electron chi connectivity index (χ3n) is 6.91. The molecule has 32 heavy (non-hydrogen) atoms. The Bertz CT molecular complexity index is 1200. The summed E-state index contributed by atoms with van der Waals surface area (Å²) in [6, 6.07) is 21.5. The molecule has 0 fully saturated rings. The molecule has 3 aromatic carbocycles. The van der Waals surface area contributed by atoms with Crippen molar-refractivity contribution in [3.05, 3.63) is 77.4 Å². The van der Waals surface area contributed by atoms with E-state index in [9.17, 15) is 0 Å². The smallest absolute Gasteiger partial charge is 0.326 e. The molecule has 0 spiro atoms. The van der Waals surface area contributed by atoms with Crippen LogP contribution in [0.5, 0.6) is 11.5 Å². The average Bonchev–Trinajstić information content (AvgIpc) is 2.90. The summed E-state index contributed by atoms with van der Waals surface area (Å²) in [7, 11) is -1.28. The van der Waals surface area contributed by atoms with Crippen LogP contribution in [0, 0.1) is 0 Å². The highest BCUT2D eigenvalue weighted by molar-refractivity contribution is 7.57. The van der Waals surface area contributed by atoms with Crippen molar-refractivity contribution in [2.75, 3.05) is 0 Å². The molecule has 3 heteroatoms. The van der Waals surface area contributed by atoms with Crippen molar-refractivity contribution >= 4 is 13.7 Å². The summed E-state index contributed by atoms with van der Waals surface area (Å²) in [4.78, 5) is 0. The minimum atomic E-state index is -1.28. The summed E-state index contributed by atoms with van der Waals surface area (Å²) in [6.45, 7) is 16.3. The number of hydrogen-bond donors (Lipinski definition) is 0. The Kier molecular flexibility index (Phi) is 4.77. The van der Waals surface area contributed by atoms with Gasteiger partial charge >= 0.3 is 8.38 Å². The first-order valence-electron chi connectivity index (χ1n) is 11.5. The highest BCUT2D eigenvalue weighted by atomic mass is 31.2. The molecule has 2 aliphatic rings. The predicted molar refractivity (Wildman–Crippen MR) is 135 cm³/mol. The van der Waals surface area contributed by atoms with Crippen LogP contribution in [0.25, 0.3) is 11.1 Å². The van der Waals surface area contributed by atoms with E-state index in [0.29, 0.717) is 0 Å². The highest BCUT2D eigenvalue weighted by Gasteiger charge is 2.43. The van der Waals surface area contributed by atoms with Crippen molar-refractivity contribution < 1.29 is 9.05 Å². The van der Waals surface area contributed by atoms with Crippen molar-refractivity contribution in [2.24, 2.45) is 0 Å². The molecule has 0 bridgehead atoms. The van der Waals surface area contributed by atoms with E-state index in [1.54, 1.807) is 0 Å². The summed E-state index contributed by atoms with van der Waals surface area (Å²) in [5.41, 5.74) is 6.72. The minimum absolute atomic E-state index is 0.0320. The molecule has 0 amide bonds. The Morgan fingerprint density at radius 2 is 1.41 bits per heavy atom. The number of benzene rings is 3. The maximum atomic E-state index is 6.83. The molecule has 1 heterocycles. The maximum Gasteiger partial charge on any atom is 0.326 e. The summed E-state index contributed by atoms with van der Waals surface area (Å²) in [6.07, 6.45) is 1.14. The quantitative estimate of drug-likeness (QED) is 0.373. The van der Waals surface area contributed by atoms with Gasteiger partial charge in [0.05, 0.1) is 5.30 Å². The van der Waals surface area contributed by atoms with Crippen LogP contribution in [-0.2, 0) is 16.2 Å². The van der Waals surface area contributed by atoms with Crippen LogP contribution in [0.3, 0.4) is 0 Å². The van der Waals surface area contributed by atoms with Gasteiger partial charge in [-0.25, -0.2) is 0 Å². The first-order chi connectivity index (χ1) is 15.0. The molecule has 3 aromatic rings. The fourth-order valence-electron chi connectivity index (χ4n) is 5.58. The Labute approximate surface area is 193 Å². The van der Waals surface area contributed by atoms with E-state index < -0.39 is 8.38 Å². The van der Waals surface area contributed by atoms with Crippen molar-refractivity contribution in [1.29, 1.82) is 0 Å². The van der Waals surface area contributed by atoms with Gasteiger partial charge < -0.3 is 9.05 Å². The van der Waals surface area contributed by atoms with Crippen molar-refractivity contribution in [2.45, 2.75) is 71.1 Å². The van der Waals surface area contributed by atoms with Crippen LogP contribution in [-0.4, -0.2) is 0 Å². The lowest BCUT2D eigenvalue weighted by molar-refractivity contribution is 0.403. The monoisotopic (exact) mass is 444 g/mol. The minimum Gasteiger partial charge on any atom is -0.435 e. The van der Waals surface area contributed by atoms with Crippen LogP contribution in [0.2, 0.25) is 0 Å². The van der Waals surface area contributed by atoms with Crippen LogP contribution < -0.4 is 14.4 Å². The fraction of sp³-hybridized carbons (Fsp3) is 0.379. The second kappa shape index (κ2) is 7.09. The van der Waals surface area contributed by atoms with E-state index in [4.69, 9.17) is 9.05 Å². The Morgan fingerprint density at radius 3 is 2.09 bits per heavy atom. The van der Waals surface area contributed by atoms with Gasteiger partial charge in [-0.2, -0.15) is 0 Å². The Hall–Kier alpha value is -2.31. The van der Waals surface area contributed by atoms with Gasteiger partial charge in [0.25, 0.3) is 0 Å². The molecule has 0 N–H and O–H groups in total. The van der Waals surface area contributed by atoms with Crippen LogP contribution in [0.1, 0.15) is 71.6 Å². The third-order valence-corrected chi connectivity index (χ3v) is 8.42. The molecular weight excluding hydrogens is 411 g/mol. The first kappa shape index (κ1) is 21.5. The summed E-state index contributed by atoms with van der Waals surface area (Å²) in [5.74, 6) is 1.86. The standard InChI is InChI=1S/C29H33O2P/c1-27(2,3)23-16-21-22(29(6,7)18-28(21,4)5)17-25(23)31-32-26-15-11-9-13-20(26)19-12-8-10-14-24(19)30-32/h8-17H,18H2,1-7H3. The summed E-state index contributed by atoms with van der Waals surface area (Å²) >= 11 is 0. The second-order valence-corrected chi connectivity index (χ2v) is 12.9. The lowest BCUT2D eigenvalue weighted by Gasteiger charge is -2.31. The zero-order valence-electron chi connectivity index (χ0n) is 20.2. The van der Waals surface area contributed by atoms with Crippen LogP contribution in [0.4, 0.5) is 0 Å². The van der Waals surface area contributed by atoms with Gasteiger partial charge in [0, 0.05) is 11.1 Å². The lowest BCUT2D eigenvalue weighted by atomic mass is 9.80. The first-order valence-corrected chi connectivity index (χ1v) is 12.7. The van der Waals surface area contributed by atoms with E-state index in [2.05, 4.69) is 97.0 Å². The highest BCUT2D eigenvalue weighted by Crippen LogP contribution is 2.55. The SMILES string of the molecule is CC(C)(C)c1cc2c(cc1OP1Oc3ccccc3-c3ccccc31)C(C)(C)CC2(C)C. The van der Waals surface area contributed by atoms with Gasteiger partial charge in [0.1, 0.15) is 11.5 Å². The van der Waals surface area contributed by atoms with E-state index >= 15 is 0 Å². The molecular formula is C29H33O2P. The number of hydrogen-bond acceptors (Lipinski definition) is 2. The van der Waals surface area contributed by atoms with Gasteiger partial charge in [0.15, 0.2) is 0 Å². The number of para-hydroxylation sites is 1. The molecule has 1 aliphatic carbocycles. The van der Waals surface area contributed by atoms with Gasteiger partial charge in [-0.05, 0) is 57.6 Å². The molecule has 2 nitrogen and oxygen atoms in total. The molecule has 0 radical (unpaired) electrons. The van der Waals surface area contributed by atoms with E-state index in [1.807, 2.05) is 12.1 Å². The maximum absolute atomic E-state index is 6.83. The van der Waals surface area contributed by atoms with Crippen molar-refractivity contribution in [3.63, 3.8) is 0 Å². The summed E-state index contributed by atoms with van der Waals surface area (Å²) < 4.78 is 13.3. The fourth-order valence-corrected chi connectivity index (χ4v) is 7.08. The number of fused-ring (bicyclic) bond motifs is 4. The van der Waals surface area contributed by atoms with E-state index in [-0.39, 0.29) is 16.2 Å². The second-order valence-electron chi connectivity index (χ2n) is 11.5. The van der Waals surface area contributed by atoms with Crippen molar-refractivity contribution in [3.8, 4) is 22.6 Å². The Morgan fingerprint density at radius 1 is 0.812 bits per heavy atom. The van der Waals surface area contributed by atoms with E-state index in [1.165, 1.54) is 22.3 Å². The zero-order valence-corrected chi connectivity index (χ0v) is 21.1. The topological polar surface area (TPSA) is 18.5 Å². The molecule has 166 valence electrons. The number of rotatable bonds is 2. The van der Waals surface area contributed by atoms with Gasteiger partial charge in [-0.15, -0.1) is 0 Å². The predicted octanol–water partition coefficient (Wildman–Crippen LogP) is 8.02. The summed E-state index contributed by atoms with van der Waals surface area (Å²) in [5, 5.41) is 1.14. The van der Waals surface area contributed by atoms with Crippen LogP contribution in [0.15, 0.2) is 60.7 Å². The molecule has 5 rings (SSSR count). The Balaban J connectivity index is 1.64. The van der Waals surface area contributed by atoms with Gasteiger partial charge in [0.2, 0.25) is 0 Å². The average molecular weight is 445 g/mol. The molecule has 1 aliphatic heterocycles. The molecule has 1 unspecified atom stereocenters. The van der Waals surface area contributed by atoms with Gasteiger partial charge in [-0.3, -0.25) is 0 Å². The van der Waals surface area contributed by atoms with Crippen LogP contribution >= 0.6 is 8.38 Å². The largest absolute Gasteiger partial charge is 0.435 e. The van der Waals surface area contributed by atoms with Gasteiger partial charge in [-0.1, -0.05) is 90.9 Å². The third kappa shape index (κ3) is 3.44. The molecule has 1 atom stereocenters. The zero-order chi connectivity index (χ0) is 22.9. The van der Waals surface area contributed by atoms with Crippen molar-refractivity contribution in [1.82, 2.24) is 0 Å². The molecule has 0 saturated carbocycles. The molecule has 0 saturated heterocycles. The lowest BCUT2D eigenvalue weighted by Crippen LogP contribution is -2.20. The van der Waals surface area contributed by atoms with E-state index in [0.717, 1.165) is 28.8 Å². The normalized spacial score (nSPS) is 20.0.